The molecule has 0 aliphatic heterocycles. The Morgan fingerprint density at radius 1 is 1.22 bits per heavy atom. The predicted molar refractivity (Wildman–Crippen MR) is 70.5 cm³/mol. The molecule has 0 amide bonds. The zero-order valence-electron chi connectivity index (χ0n) is 11.3. The van der Waals surface area contributed by atoms with Crippen LogP contribution in [0.4, 0.5) is 0 Å². The van der Waals surface area contributed by atoms with E-state index >= 15 is 0 Å². The molecular formula is C12H26N2O4. The van der Waals surface area contributed by atoms with Crippen LogP contribution in [0.1, 0.15) is 39.0 Å². The highest BCUT2D eigenvalue weighted by Gasteiger charge is 2.11. The Balaban J connectivity index is 0. The molecule has 6 nitrogen and oxygen atoms in total. The smallest absolute Gasteiger partial charge is 0.306 e. The average Bonchev–Trinajstić information content (AvgIpc) is 2.32. The van der Waals surface area contributed by atoms with E-state index in [0.717, 1.165) is 13.1 Å². The second-order valence-electron chi connectivity index (χ2n) is 4.12. The topological polar surface area (TPSA) is 113 Å². The molecule has 0 bridgehead atoms. The van der Waals surface area contributed by atoms with E-state index in [1.807, 2.05) is 7.05 Å². The summed E-state index contributed by atoms with van der Waals surface area (Å²) in [5, 5.41) is 19.5. The van der Waals surface area contributed by atoms with Gasteiger partial charge in [0.2, 0.25) is 0 Å². The van der Waals surface area contributed by atoms with Gasteiger partial charge in [0.1, 0.15) is 0 Å². The number of rotatable bonds is 9. The number of carboxylic acids is 2. The number of hydrogen-bond donors (Lipinski definition) is 4. The molecule has 0 aliphatic carbocycles. The van der Waals surface area contributed by atoms with E-state index < -0.39 is 17.9 Å². The van der Waals surface area contributed by atoms with Crippen LogP contribution in [0.25, 0.3) is 0 Å². The first-order chi connectivity index (χ1) is 8.45. The van der Waals surface area contributed by atoms with Gasteiger partial charge in [-0.1, -0.05) is 13.3 Å². The average molecular weight is 262 g/mol. The van der Waals surface area contributed by atoms with Crippen LogP contribution in [-0.2, 0) is 9.59 Å². The van der Waals surface area contributed by atoms with Gasteiger partial charge in [-0.25, -0.2) is 0 Å². The lowest BCUT2D eigenvalue weighted by atomic mass is 10.1. The first kappa shape index (κ1) is 19.2. The van der Waals surface area contributed by atoms with Crippen LogP contribution in [0.2, 0.25) is 0 Å². The number of aliphatic carboxylic acids is 2. The molecule has 1 unspecified atom stereocenters. The Morgan fingerprint density at radius 3 is 2.22 bits per heavy atom. The Morgan fingerprint density at radius 2 is 1.83 bits per heavy atom. The number of carboxylic acid groups (broad SMARTS) is 2. The highest BCUT2D eigenvalue weighted by atomic mass is 16.4. The first-order valence-electron chi connectivity index (χ1n) is 6.25. The molecule has 0 radical (unpaired) electrons. The van der Waals surface area contributed by atoms with Crippen molar-refractivity contribution in [3.05, 3.63) is 0 Å². The summed E-state index contributed by atoms with van der Waals surface area (Å²) in [4.78, 5) is 20.1. The summed E-state index contributed by atoms with van der Waals surface area (Å²) in [6.45, 7) is 3.45. The minimum Gasteiger partial charge on any atom is -0.481 e. The van der Waals surface area contributed by atoms with Crippen molar-refractivity contribution in [2.24, 2.45) is 11.7 Å². The molecule has 0 aliphatic rings. The predicted octanol–water partition coefficient (Wildman–Crippen LogP) is 0.907. The molecular weight excluding hydrogens is 236 g/mol. The van der Waals surface area contributed by atoms with Crippen LogP contribution in [0, 0.1) is 5.92 Å². The number of nitrogens with two attached hydrogens (primary N) is 1. The standard InChI is InChI=1S/C6H16N2.C6H10O4/c1-8-6-4-2-3-5-7;1-4(6(9)10)2-3-5(7)8/h8H,2-7H2,1H3;4H,2-3H2,1H3,(H,7,8)(H,9,10). The Hall–Kier alpha value is -1.14. The maximum Gasteiger partial charge on any atom is 0.306 e. The molecule has 18 heavy (non-hydrogen) atoms. The quantitative estimate of drug-likeness (QED) is 0.459. The molecule has 108 valence electrons. The van der Waals surface area contributed by atoms with Gasteiger partial charge in [0.15, 0.2) is 0 Å². The Labute approximate surface area is 109 Å². The van der Waals surface area contributed by atoms with Crippen molar-refractivity contribution in [2.45, 2.75) is 39.0 Å². The third-order valence-corrected chi connectivity index (χ3v) is 2.34. The van der Waals surface area contributed by atoms with E-state index in [2.05, 4.69) is 5.32 Å². The summed E-state index contributed by atoms with van der Waals surface area (Å²) in [7, 11) is 1.97. The zero-order chi connectivity index (χ0) is 14.4. The van der Waals surface area contributed by atoms with E-state index in [1.165, 1.54) is 26.2 Å². The van der Waals surface area contributed by atoms with Gasteiger partial charge in [0.25, 0.3) is 0 Å². The molecule has 0 aromatic carbocycles. The van der Waals surface area contributed by atoms with Gasteiger partial charge in [-0.05, 0) is 39.4 Å². The van der Waals surface area contributed by atoms with E-state index in [4.69, 9.17) is 15.9 Å². The van der Waals surface area contributed by atoms with E-state index in [0.29, 0.717) is 0 Å². The van der Waals surface area contributed by atoms with Crippen molar-refractivity contribution in [3.63, 3.8) is 0 Å². The van der Waals surface area contributed by atoms with Crippen molar-refractivity contribution < 1.29 is 19.8 Å². The summed E-state index contributed by atoms with van der Waals surface area (Å²) >= 11 is 0. The Kier molecular flexibility index (Phi) is 14.9. The molecule has 0 rings (SSSR count). The summed E-state index contributed by atoms with van der Waals surface area (Å²) in [6.07, 6.45) is 3.81. The minimum absolute atomic E-state index is 0.0759. The highest BCUT2D eigenvalue weighted by molar-refractivity contribution is 5.71. The third-order valence-electron chi connectivity index (χ3n) is 2.34. The fraction of sp³-hybridized carbons (Fsp3) is 0.833. The monoisotopic (exact) mass is 262 g/mol. The number of nitrogens with one attached hydrogen (secondary N) is 1. The molecule has 0 spiro atoms. The van der Waals surface area contributed by atoms with E-state index in [9.17, 15) is 9.59 Å². The van der Waals surface area contributed by atoms with Gasteiger partial charge < -0.3 is 21.3 Å². The summed E-state index contributed by atoms with van der Waals surface area (Å²) in [6, 6.07) is 0. The molecule has 0 aromatic heterocycles. The van der Waals surface area contributed by atoms with Crippen molar-refractivity contribution in [1.29, 1.82) is 0 Å². The lowest BCUT2D eigenvalue weighted by molar-refractivity contribution is -0.142. The summed E-state index contributed by atoms with van der Waals surface area (Å²) in [5.74, 6) is -2.45. The molecule has 0 aromatic rings. The molecule has 1 atom stereocenters. The molecule has 0 fully saturated rings. The van der Waals surface area contributed by atoms with Gasteiger partial charge >= 0.3 is 11.9 Å². The van der Waals surface area contributed by atoms with Crippen molar-refractivity contribution in [2.75, 3.05) is 20.1 Å². The van der Waals surface area contributed by atoms with Gasteiger partial charge in [0.05, 0.1) is 5.92 Å². The lowest BCUT2D eigenvalue weighted by Gasteiger charge is -2.01. The molecule has 0 heterocycles. The number of hydrogen-bond acceptors (Lipinski definition) is 4. The maximum atomic E-state index is 10.1. The van der Waals surface area contributed by atoms with Crippen LogP contribution in [0.3, 0.4) is 0 Å². The fourth-order valence-electron chi connectivity index (χ4n) is 1.09. The van der Waals surface area contributed by atoms with E-state index in [1.54, 1.807) is 0 Å². The van der Waals surface area contributed by atoms with Crippen LogP contribution >= 0.6 is 0 Å². The van der Waals surface area contributed by atoms with Crippen LogP contribution in [0.15, 0.2) is 0 Å². The number of unbranched alkanes of at least 4 members (excludes halogenated alkanes) is 2. The van der Waals surface area contributed by atoms with Crippen LogP contribution < -0.4 is 11.1 Å². The summed E-state index contributed by atoms with van der Waals surface area (Å²) in [5.41, 5.74) is 5.29. The minimum atomic E-state index is -0.951. The van der Waals surface area contributed by atoms with Gasteiger partial charge in [-0.15, -0.1) is 0 Å². The summed E-state index contributed by atoms with van der Waals surface area (Å²) < 4.78 is 0. The molecule has 5 N–H and O–H groups in total. The van der Waals surface area contributed by atoms with Crippen molar-refractivity contribution >= 4 is 11.9 Å². The fourth-order valence-corrected chi connectivity index (χ4v) is 1.09. The third kappa shape index (κ3) is 17.3. The van der Waals surface area contributed by atoms with Crippen molar-refractivity contribution in [3.8, 4) is 0 Å². The highest BCUT2D eigenvalue weighted by Crippen LogP contribution is 2.04. The van der Waals surface area contributed by atoms with Gasteiger partial charge in [-0.2, -0.15) is 0 Å². The SMILES string of the molecule is CC(CCC(=O)O)C(=O)O.CNCCCCCN. The van der Waals surface area contributed by atoms with Gasteiger partial charge in [-0.3, -0.25) is 9.59 Å². The largest absolute Gasteiger partial charge is 0.481 e. The molecule has 6 heteroatoms. The molecule has 0 saturated carbocycles. The lowest BCUT2D eigenvalue weighted by Crippen LogP contribution is -2.11. The second kappa shape index (κ2) is 13.9. The van der Waals surface area contributed by atoms with Crippen molar-refractivity contribution in [1.82, 2.24) is 5.32 Å². The van der Waals surface area contributed by atoms with Crippen LogP contribution in [-0.4, -0.2) is 42.3 Å². The Bertz CT molecular complexity index is 216. The molecule has 0 saturated heterocycles. The normalized spacial score (nSPS) is 11.3. The maximum absolute atomic E-state index is 10.1. The zero-order valence-corrected chi connectivity index (χ0v) is 11.3. The van der Waals surface area contributed by atoms with Crippen LogP contribution in [0.5, 0.6) is 0 Å². The first-order valence-corrected chi connectivity index (χ1v) is 6.25. The second-order valence-corrected chi connectivity index (χ2v) is 4.12. The number of carbonyl (C=O) groups is 2. The van der Waals surface area contributed by atoms with Gasteiger partial charge in [0, 0.05) is 6.42 Å². The van der Waals surface area contributed by atoms with E-state index in [-0.39, 0.29) is 12.8 Å².